The maximum atomic E-state index is 2.27. The van der Waals surface area contributed by atoms with E-state index in [0.29, 0.717) is 0 Å². The van der Waals surface area contributed by atoms with Gasteiger partial charge in [-0.2, -0.15) is 0 Å². The van der Waals surface area contributed by atoms with Crippen molar-refractivity contribution in [3.8, 4) is 0 Å². The summed E-state index contributed by atoms with van der Waals surface area (Å²) < 4.78 is 0. The minimum Gasteiger partial charge on any atom is -0.0622 e. The van der Waals surface area contributed by atoms with E-state index in [-0.39, 0.29) is 0 Å². The fourth-order valence-electron chi connectivity index (χ4n) is 1.92. The highest BCUT2D eigenvalue weighted by atomic mass is 14.0. The Balaban J connectivity index is 2.30. The molecule has 2 aromatic rings. The van der Waals surface area contributed by atoms with Gasteiger partial charge in [0.25, 0.3) is 0 Å². The lowest BCUT2D eigenvalue weighted by Crippen LogP contribution is -1.84. The SMILES string of the molecule is CCc1cccc(/C(C)=C/c2ccccc2)c1. The van der Waals surface area contributed by atoms with Gasteiger partial charge in [0.05, 0.1) is 0 Å². The first-order chi connectivity index (χ1) is 8.29. The van der Waals surface area contributed by atoms with Crippen molar-refractivity contribution in [2.75, 3.05) is 0 Å². The van der Waals surface area contributed by atoms with Crippen LogP contribution in [0.25, 0.3) is 11.6 Å². The van der Waals surface area contributed by atoms with Crippen LogP contribution >= 0.6 is 0 Å². The lowest BCUT2D eigenvalue weighted by Gasteiger charge is -2.04. The lowest BCUT2D eigenvalue weighted by atomic mass is 10.0. The van der Waals surface area contributed by atoms with Crippen molar-refractivity contribution in [1.29, 1.82) is 0 Å². The number of aryl methyl sites for hydroxylation is 1. The van der Waals surface area contributed by atoms with Gasteiger partial charge in [0.1, 0.15) is 0 Å². The van der Waals surface area contributed by atoms with Crippen molar-refractivity contribution in [2.24, 2.45) is 0 Å². The third kappa shape index (κ3) is 3.07. The smallest absolute Gasteiger partial charge is 0.0224 e. The van der Waals surface area contributed by atoms with Crippen molar-refractivity contribution in [3.63, 3.8) is 0 Å². The van der Waals surface area contributed by atoms with E-state index in [2.05, 4.69) is 68.5 Å². The Labute approximate surface area is 104 Å². The van der Waals surface area contributed by atoms with Crippen molar-refractivity contribution in [3.05, 3.63) is 71.3 Å². The summed E-state index contributed by atoms with van der Waals surface area (Å²) in [6.07, 6.45) is 3.32. The predicted molar refractivity (Wildman–Crippen MR) is 75.8 cm³/mol. The van der Waals surface area contributed by atoms with Gasteiger partial charge in [-0.25, -0.2) is 0 Å². The van der Waals surface area contributed by atoms with Gasteiger partial charge in [-0.15, -0.1) is 0 Å². The Hall–Kier alpha value is -1.82. The van der Waals surface area contributed by atoms with Crippen LogP contribution in [0.4, 0.5) is 0 Å². The summed E-state index contributed by atoms with van der Waals surface area (Å²) >= 11 is 0. The summed E-state index contributed by atoms with van der Waals surface area (Å²) in [5.74, 6) is 0. The van der Waals surface area contributed by atoms with Crippen LogP contribution in [0.15, 0.2) is 54.6 Å². The average Bonchev–Trinajstić information content (AvgIpc) is 2.40. The van der Waals surface area contributed by atoms with Crippen molar-refractivity contribution in [1.82, 2.24) is 0 Å². The Morgan fingerprint density at radius 1 is 1.00 bits per heavy atom. The zero-order valence-corrected chi connectivity index (χ0v) is 10.5. The molecule has 0 saturated heterocycles. The fraction of sp³-hybridized carbons (Fsp3) is 0.176. The van der Waals surface area contributed by atoms with Gasteiger partial charge in [0, 0.05) is 0 Å². The van der Waals surface area contributed by atoms with Gasteiger partial charge in [-0.1, -0.05) is 67.6 Å². The van der Waals surface area contributed by atoms with Crippen LogP contribution in [0, 0.1) is 0 Å². The molecule has 0 aliphatic rings. The van der Waals surface area contributed by atoms with Gasteiger partial charge >= 0.3 is 0 Å². The molecule has 17 heavy (non-hydrogen) atoms. The van der Waals surface area contributed by atoms with E-state index < -0.39 is 0 Å². The van der Waals surface area contributed by atoms with Gasteiger partial charge in [-0.3, -0.25) is 0 Å². The third-order valence-electron chi connectivity index (χ3n) is 2.97. The largest absolute Gasteiger partial charge is 0.0622 e. The van der Waals surface area contributed by atoms with E-state index in [9.17, 15) is 0 Å². The van der Waals surface area contributed by atoms with E-state index in [4.69, 9.17) is 0 Å². The van der Waals surface area contributed by atoms with Gasteiger partial charge < -0.3 is 0 Å². The van der Waals surface area contributed by atoms with E-state index in [1.54, 1.807) is 0 Å². The molecule has 0 fully saturated rings. The molecule has 2 rings (SSSR count). The van der Waals surface area contributed by atoms with E-state index in [1.165, 1.54) is 22.3 Å². The molecule has 0 amide bonds. The molecule has 0 saturated carbocycles. The Kier molecular flexibility index (Phi) is 3.77. The van der Waals surface area contributed by atoms with Crippen LogP contribution in [-0.2, 0) is 6.42 Å². The molecule has 0 aromatic heterocycles. The van der Waals surface area contributed by atoms with E-state index >= 15 is 0 Å². The number of benzene rings is 2. The van der Waals surface area contributed by atoms with Crippen LogP contribution < -0.4 is 0 Å². The maximum absolute atomic E-state index is 2.27. The molecule has 0 aliphatic heterocycles. The highest BCUT2D eigenvalue weighted by Crippen LogP contribution is 2.18. The molecule has 0 heteroatoms. The fourth-order valence-corrected chi connectivity index (χ4v) is 1.92. The topological polar surface area (TPSA) is 0 Å². The first-order valence-electron chi connectivity index (χ1n) is 6.12. The van der Waals surface area contributed by atoms with Crippen LogP contribution in [0.1, 0.15) is 30.5 Å². The van der Waals surface area contributed by atoms with E-state index in [1.807, 2.05) is 6.07 Å². The average molecular weight is 222 g/mol. The van der Waals surface area contributed by atoms with Crippen LogP contribution in [0.2, 0.25) is 0 Å². The number of allylic oxidation sites excluding steroid dienone is 1. The monoisotopic (exact) mass is 222 g/mol. The number of hydrogen-bond acceptors (Lipinski definition) is 0. The van der Waals surface area contributed by atoms with Crippen LogP contribution in [0.5, 0.6) is 0 Å². The molecular formula is C17H18. The molecule has 0 spiro atoms. The van der Waals surface area contributed by atoms with Gasteiger partial charge in [-0.05, 0) is 35.6 Å². The van der Waals surface area contributed by atoms with Crippen molar-refractivity contribution >= 4 is 11.6 Å². The summed E-state index contributed by atoms with van der Waals surface area (Å²) in [6.45, 7) is 4.36. The molecule has 0 radical (unpaired) electrons. The second-order valence-corrected chi connectivity index (χ2v) is 4.29. The molecular weight excluding hydrogens is 204 g/mol. The normalized spacial score (nSPS) is 11.5. The minimum atomic E-state index is 1.09. The van der Waals surface area contributed by atoms with Crippen LogP contribution in [0.3, 0.4) is 0 Å². The first kappa shape index (κ1) is 11.7. The second kappa shape index (κ2) is 5.49. The standard InChI is InChI=1S/C17H18/c1-3-15-10-7-11-17(13-15)14(2)12-16-8-5-4-6-9-16/h4-13H,3H2,1-2H3/b14-12+. The molecule has 0 unspecified atom stereocenters. The predicted octanol–water partition coefficient (Wildman–Crippen LogP) is 4.81. The summed E-state index contributed by atoms with van der Waals surface area (Å²) in [4.78, 5) is 0. The molecule has 0 bridgehead atoms. The summed E-state index contributed by atoms with van der Waals surface area (Å²) in [5.41, 5.74) is 5.27. The Morgan fingerprint density at radius 2 is 1.76 bits per heavy atom. The van der Waals surface area contributed by atoms with Crippen LogP contribution in [-0.4, -0.2) is 0 Å². The Bertz CT molecular complexity index is 507. The molecule has 2 aromatic carbocycles. The quantitative estimate of drug-likeness (QED) is 0.654. The van der Waals surface area contributed by atoms with Crippen molar-refractivity contribution in [2.45, 2.75) is 20.3 Å². The van der Waals surface area contributed by atoms with Gasteiger partial charge in [0.15, 0.2) is 0 Å². The maximum Gasteiger partial charge on any atom is -0.0224 e. The molecule has 86 valence electrons. The molecule has 0 heterocycles. The number of hydrogen-bond donors (Lipinski definition) is 0. The molecule has 0 N–H and O–H groups in total. The third-order valence-corrected chi connectivity index (χ3v) is 2.97. The zero-order chi connectivity index (χ0) is 12.1. The number of rotatable bonds is 3. The van der Waals surface area contributed by atoms with E-state index in [0.717, 1.165) is 6.42 Å². The van der Waals surface area contributed by atoms with Crippen molar-refractivity contribution < 1.29 is 0 Å². The summed E-state index contributed by atoms with van der Waals surface area (Å²) in [6, 6.07) is 19.2. The summed E-state index contributed by atoms with van der Waals surface area (Å²) in [5, 5.41) is 0. The highest BCUT2D eigenvalue weighted by molar-refractivity contribution is 5.80. The molecule has 0 atom stereocenters. The molecule has 0 nitrogen and oxygen atoms in total. The Morgan fingerprint density at radius 3 is 2.47 bits per heavy atom. The first-order valence-corrected chi connectivity index (χ1v) is 6.12. The minimum absolute atomic E-state index is 1.09. The zero-order valence-electron chi connectivity index (χ0n) is 10.5. The molecule has 0 aliphatic carbocycles. The highest BCUT2D eigenvalue weighted by Gasteiger charge is 1.97. The second-order valence-electron chi connectivity index (χ2n) is 4.29. The summed E-state index contributed by atoms with van der Waals surface area (Å²) in [7, 11) is 0. The van der Waals surface area contributed by atoms with Gasteiger partial charge in [0.2, 0.25) is 0 Å². The lowest BCUT2D eigenvalue weighted by molar-refractivity contribution is 1.14.